The van der Waals surface area contributed by atoms with Gasteiger partial charge in [0.2, 0.25) is 0 Å². The molecule has 64 valence electrons. The zero-order chi connectivity index (χ0) is 6.83. The summed E-state index contributed by atoms with van der Waals surface area (Å²) in [5.74, 6) is 0. The Morgan fingerprint density at radius 2 is 0.818 bits per heavy atom. The summed E-state index contributed by atoms with van der Waals surface area (Å²) in [5.41, 5.74) is 0. The summed E-state index contributed by atoms with van der Waals surface area (Å²) >= 11 is 3.34. The van der Waals surface area contributed by atoms with Crippen LogP contribution in [-0.2, 0) is 65.9 Å². The second-order valence-electron chi connectivity index (χ2n) is 1.50. The third kappa shape index (κ3) is 81.5. The van der Waals surface area contributed by atoms with Crippen LogP contribution in [0.25, 0.3) is 0 Å². The van der Waals surface area contributed by atoms with Gasteiger partial charge in [-0.05, 0) is 0 Å². The first-order valence-corrected chi connectivity index (χ1v) is 6.60. The Morgan fingerprint density at radius 3 is 0.818 bits per heavy atom. The molecule has 0 saturated carbocycles. The van der Waals surface area contributed by atoms with Gasteiger partial charge in [0.25, 0.3) is 0 Å². The minimum atomic E-state index is 0. The Balaban J connectivity index is -0.0000000171. The summed E-state index contributed by atoms with van der Waals surface area (Å²) in [5, 5.41) is 0. The first-order valence-electron chi connectivity index (χ1n) is 3.12. The van der Waals surface area contributed by atoms with Crippen LogP contribution in [0.1, 0.15) is 26.7 Å². The van der Waals surface area contributed by atoms with E-state index in [1.54, 1.807) is 49.4 Å². The molecule has 11 heavy (non-hydrogen) atoms. The van der Waals surface area contributed by atoms with E-state index in [-0.39, 0.29) is 16.4 Å². The van der Waals surface area contributed by atoms with E-state index in [0.29, 0.717) is 0 Å². The van der Waals surface area contributed by atoms with Gasteiger partial charge in [-0.1, -0.05) is 0 Å². The second kappa shape index (κ2) is 41.4. The molecule has 0 unspecified atom stereocenters. The predicted octanol–water partition coefficient (Wildman–Crippen LogP) is 2.37. The molecule has 3 nitrogen and oxygen atoms in total. The molecule has 0 aliphatic carbocycles. The molecule has 0 spiro atoms. The van der Waals surface area contributed by atoms with Gasteiger partial charge in [-0.2, -0.15) is 0 Å². The topological polar surface area (TPSA) is 85.5 Å². The van der Waals surface area contributed by atoms with Gasteiger partial charge >= 0.3 is 84.4 Å². The van der Waals surface area contributed by atoms with Crippen molar-refractivity contribution in [2.45, 2.75) is 34.9 Å². The van der Waals surface area contributed by atoms with Crippen LogP contribution in [0.5, 0.6) is 0 Å². The van der Waals surface area contributed by atoms with Gasteiger partial charge < -0.3 is 16.4 Å². The van der Waals surface area contributed by atoms with E-state index in [0.717, 1.165) is 0 Å². The summed E-state index contributed by atoms with van der Waals surface area (Å²) in [4.78, 5) is 0. The number of hydrogen-bond acceptors (Lipinski definition) is 0. The maximum atomic E-state index is 2.20. The summed E-state index contributed by atoms with van der Waals surface area (Å²) in [6, 6.07) is 0. The largest absolute Gasteiger partial charge is 2.00 e. The predicted molar refractivity (Wildman–Crippen MR) is 32.3 cm³/mol. The average molecular weight is 317 g/mol. The van der Waals surface area contributed by atoms with E-state index in [1.807, 2.05) is 0 Å². The van der Waals surface area contributed by atoms with Gasteiger partial charge in [-0.3, -0.25) is 0 Å². The van der Waals surface area contributed by atoms with Crippen molar-refractivity contribution in [1.82, 2.24) is 0 Å². The third-order valence-electron chi connectivity index (χ3n) is 0.500. The van der Waals surface area contributed by atoms with Crippen LogP contribution in [0.3, 0.4) is 0 Å². The van der Waals surface area contributed by atoms with E-state index in [9.17, 15) is 0 Å². The summed E-state index contributed by atoms with van der Waals surface area (Å²) in [7, 11) is 0. The Labute approximate surface area is 100.0 Å². The number of rotatable bonds is 2. The molecule has 0 aromatic carbocycles. The van der Waals surface area contributed by atoms with Gasteiger partial charge in [-0.25, -0.2) is 0 Å². The van der Waals surface area contributed by atoms with Crippen LogP contribution in [0, 0.1) is 0 Å². The summed E-state index contributed by atoms with van der Waals surface area (Å²) in [6.45, 7) is 4.41. The SMILES string of the molecule is CC[CH2][Zr+3].CC[CH2][Zr+3].[O-2].[O-2].[O-2]. The van der Waals surface area contributed by atoms with Gasteiger partial charge in [0.1, 0.15) is 0 Å². The van der Waals surface area contributed by atoms with E-state index >= 15 is 0 Å². The number of hydrogen-bond donors (Lipinski definition) is 0. The fourth-order valence-electron chi connectivity index (χ4n) is 0. The van der Waals surface area contributed by atoms with E-state index in [1.165, 1.54) is 21.1 Å². The minimum absolute atomic E-state index is 0. The molecule has 0 saturated heterocycles. The summed E-state index contributed by atoms with van der Waals surface area (Å²) in [6.07, 6.45) is 2.72. The van der Waals surface area contributed by atoms with Crippen molar-refractivity contribution < 1.29 is 65.9 Å². The van der Waals surface area contributed by atoms with Crippen molar-refractivity contribution in [2.75, 3.05) is 0 Å². The molecule has 0 aromatic rings. The molecule has 0 radical (unpaired) electrons. The molecule has 0 heterocycles. The van der Waals surface area contributed by atoms with E-state index in [4.69, 9.17) is 0 Å². The van der Waals surface area contributed by atoms with Crippen molar-refractivity contribution in [3.05, 3.63) is 0 Å². The monoisotopic (exact) mass is 314 g/mol. The normalized spacial score (nSPS) is 5.64. The minimum Gasteiger partial charge on any atom is -2.00 e. The fraction of sp³-hybridized carbons (Fsp3) is 1.00. The quantitative estimate of drug-likeness (QED) is 0.749. The Bertz CT molecular complexity index is 23.8. The van der Waals surface area contributed by atoms with Crippen LogP contribution in [0.2, 0.25) is 8.26 Å². The molecule has 0 aliphatic heterocycles. The van der Waals surface area contributed by atoms with Gasteiger partial charge in [0.15, 0.2) is 0 Å². The van der Waals surface area contributed by atoms with Gasteiger partial charge in [0.05, 0.1) is 0 Å². The molecule has 0 aliphatic rings. The van der Waals surface area contributed by atoms with Crippen LogP contribution in [0.4, 0.5) is 0 Å². The van der Waals surface area contributed by atoms with Crippen LogP contribution >= 0.6 is 0 Å². The summed E-state index contributed by atoms with van der Waals surface area (Å²) < 4.78 is 2.82. The van der Waals surface area contributed by atoms with Crippen molar-refractivity contribution in [2.24, 2.45) is 0 Å². The first kappa shape index (κ1) is 29.3. The molecule has 0 N–H and O–H groups in total. The first-order chi connectivity index (χ1) is 3.83. The van der Waals surface area contributed by atoms with Gasteiger partial charge in [0, 0.05) is 0 Å². The molecular formula is C6H14O3Zr2. The second-order valence-corrected chi connectivity index (χ2v) is 3.96. The average Bonchev–Trinajstić information content (AvgIpc) is 1.88. The van der Waals surface area contributed by atoms with Crippen molar-refractivity contribution in [1.29, 1.82) is 0 Å². The van der Waals surface area contributed by atoms with Crippen LogP contribution in [0.15, 0.2) is 0 Å². The fourth-order valence-corrected chi connectivity index (χ4v) is 0. The maximum Gasteiger partial charge on any atom is -2.00 e. The molecule has 0 fully saturated rings. The zero-order valence-corrected chi connectivity index (χ0v) is 12.0. The molecular weight excluding hydrogens is 303 g/mol. The van der Waals surface area contributed by atoms with Crippen LogP contribution < -0.4 is 0 Å². The van der Waals surface area contributed by atoms with Crippen molar-refractivity contribution >= 4 is 0 Å². The molecule has 5 heteroatoms. The smallest absolute Gasteiger partial charge is 2.00 e. The van der Waals surface area contributed by atoms with Crippen LogP contribution in [-0.4, -0.2) is 0 Å². The molecule has 0 amide bonds. The molecule has 0 aromatic heterocycles. The maximum absolute atomic E-state index is 2.20. The zero-order valence-electron chi connectivity index (χ0n) is 7.05. The molecule has 0 atom stereocenters. The van der Waals surface area contributed by atoms with E-state index in [2.05, 4.69) is 13.8 Å². The molecule has 0 bridgehead atoms. The Kier molecular flexibility index (Phi) is 110. The van der Waals surface area contributed by atoms with Gasteiger partial charge in [-0.15, -0.1) is 0 Å². The standard InChI is InChI=1S/2C3H7.3O.2Zr/c2*1-3-2;;;;;/h2*1,3H2,2H3;;;;;/q;;3*-2;2*+3. The Morgan fingerprint density at radius 1 is 0.727 bits per heavy atom. The van der Waals surface area contributed by atoms with Crippen molar-refractivity contribution in [3.63, 3.8) is 0 Å². The Hall–Kier alpha value is 1.65. The van der Waals surface area contributed by atoms with E-state index < -0.39 is 0 Å². The van der Waals surface area contributed by atoms with Crippen molar-refractivity contribution in [3.8, 4) is 0 Å². The third-order valence-corrected chi connectivity index (χ3v) is 2.96. The molecule has 0 rings (SSSR count).